The normalized spacial score (nSPS) is 10.4. The van der Waals surface area contributed by atoms with Gasteiger partial charge in [-0.25, -0.2) is 0 Å². The molecule has 0 bridgehead atoms. The van der Waals surface area contributed by atoms with Gasteiger partial charge in [-0.1, -0.05) is 31.9 Å². The van der Waals surface area contributed by atoms with Crippen LogP contribution < -0.4 is 15.2 Å². The predicted molar refractivity (Wildman–Crippen MR) is 87.1 cm³/mol. The lowest BCUT2D eigenvalue weighted by molar-refractivity contribution is 0.304. The standard InChI is InChI=1S/C15H15Br2NO2/c1-19-12-2-4-15(17)11(7-12)9-20-13-3-5-14(16)10(6-13)8-18/h2-7H,8-9,18H2,1H3. The Kier molecular flexibility index (Phi) is 5.46. The molecule has 0 atom stereocenters. The number of benzene rings is 2. The molecule has 5 heteroatoms. The fourth-order valence-corrected chi connectivity index (χ4v) is 2.52. The SMILES string of the molecule is COc1ccc(Br)c(COc2ccc(Br)c(CN)c2)c1. The summed E-state index contributed by atoms with van der Waals surface area (Å²) in [7, 11) is 1.65. The van der Waals surface area contributed by atoms with Crippen LogP contribution in [0.4, 0.5) is 0 Å². The minimum absolute atomic E-state index is 0.462. The summed E-state index contributed by atoms with van der Waals surface area (Å²) in [4.78, 5) is 0. The molecule has 2 N–H and O–H groups in total. The third-order valence-corrected chi connectivity index (χ3v) is 4.43. The van der Waals surface area contributed by atoms with Gasteiger partial charge in [0.1, 0.15) is 18.1 Å². The average Bonchev–Trinajstić information content (AvgIpc) is 2.47. The molecule has 3 nitrogen and oxygen atoms in total. The van der Waals surface area contributed by atoms with Crippen LogP contribution in [0.15, 0.2) is 45.3 Å². The number of rotatable bonds is 5. The monoisotopic (exact) mass is 399 g/mol. The second-order valence-electron chi connectivity index (χ2n) is 4.20. The van der Waals surface area contributed by atoms with Crippen molar-refractivity contribution in [2.24, 2.45) is 5.73 Å². The van der Waals surface area contributed by atoms with Crippen molar-refractivity contribution >= 4 is 31.9 Å². The number of hydrogen-bond donors (Lipinski definition) is 1. The zero-order valence-corrected chi connectivity index (χ0v) is 14.2. The Balaban J connectivity index is 2.12. The van der Waals surface area contributed by atoms with Crippen LogP contribution in [0.5, 0.6) is 11.5 Å². The molecule has 0 spiro atoms. The Bertz CT molecular complexity index is 602. The zero-order chi connectivity index (χ0) is 14.5. The van der Waals surface area contributed by atoms with Crippen LogP contribution in [0.3, 0.4) is 0 Å². The summed E-state index contributed by atoms with van der Waals surface area (Å²) in [5.74, 6) is 1.61. The molecule has 0 aliphatic carbocycles. The van der Waals surface area contributed by atoms with Crippen LogP contribution in [0.1, 0.15) is 11.1 Å². The van der Waals surface area contributed by atoms with Crippen LogP contribution in [0.25, 0.3) is 0 Å². The number of halogens is 2. The van der Waals surface area contributed by atoms with E-state index in [0.717, 1.165) is 31.6 Å². The van der Waals surface area contributed by atoms with Gasteiger partial charge in [-0.05, 0) is 42.0 Å². The van der Waals surface area contributed by atoms with Gasteiger partial charge >= 0.3 is 0 Å². The first-order valence-electron chi connectivity index (χ1n) is 6.07. The van der Waals surface area contributed by atoms with Gasteiger partial charge < -0.3 is 15.2 Å². The Hall–Kier alpha value is -1.04. The summed E-state index contributed by atoms with van der Waals surface area (Å²) in [5.41, 5.74) is 7.73. The van der Waals surface area contributed by atoms with Crippen molar-refractivity contribution in [3.63, 3.8) is 0 Å². The predicted octanol–water partition coefficient (Wildman–Crippen LogP) is 4.26. The molecule has 0 fully saturated rings. The minimum atomic E-state index is 0.462. The summed E-state index contributed by atoms with van der Waals surface area (Å²) in [6.45, 7) is 0.935. The molecule has 0 amide bonds. The third-order valence-electron chi connectivity index (χ3n) is 2.88. The van der Waals surface area contributed by atoms with Crippen molar-refractivity contribution in [3.05, 3.63) is 56.5 Å². The molecular weight excluding hydrogens is 386 g/mol. The first kappa shape index (κ1) is 15.4. The van der Waals surface area contributed by atoms with Crippen LogP contribution in [0.2, 0.25) is 0 Å². The van der Waals surface area contributed by atoms with Crippen molar-refractivity contribution < 1.29 is 9.47 Å². The van der Waals surface area contributed by atoms with E-state index in [0.29, 0.717) is 13.2 Å². The van der Waals surface area contributed by atoms with E-state index in [1.807, 2.05) is 36.4 Å². The fraction of sp³-hybridized carbons (Fsp3) is 0.200. The molecule has 106 valence electrons. The highest BCUT2D eigenvalue weighted by atomic mass is 79.9. The van der Waals surface area contributed by atoms with E-state index in [1.54, 1.807) is 7.11 Å². The van der Waals surface area contributed by atoms with E-state index in [9.17, 15) is 0 Å². The molecule has 0 aliphatic heterocycles. The van der Waals surface area contributed by atoms with Crippen molar-refractivity contribution in [1.29, 1.82) is 0 Å². The molecule has 20 heavy (non-hydrogen) atoms. The molecule has 0 saturated carbocycles. The van der Waals surface area contributed by atoms with Gasteiger partial charge in [0.2, 0.25) is 0 Å². The smallest absolute Gasteiger partial charge is 0.120 e. The van der Waals surface area contributed by atoms with Crippen LogP contribution >= 0.6 is 31.9 Å². The molecule has 2 aromatic rings. The molecule has 0 saturated heterocycles. The third kappa shape index (κ3) is 3.75. The lowest BCUT2D eigenvalue weighted by Crippen LogP contribution is -2.00. The topological polar surface area (TPSA) is 44.5 Å². The highest BCUT2D eigenvalue weighted by molar-refractivity contribution is 9.10. The number of methoxy groups -OCH3 is 1. The lowest BCUT2D eigenvalue weighted by atomic mass is 10.2. The fourth-order valence-electron chi connectivity index (χ4n) is 1.75. The van der Waals surface area contributed by atoms with Crippen LogP contribution in [-0.2, 0) is 13.2 Å². The lowest BCUT2D eigenvalue weighted by Gasteiger charge is -2.11. The molecule has 0 heterocycles. The van der Waals surface area contributed by atoms with Crippen molar-refractivity contribution in [1.82, 2.24) is 0 Å². The average molecular weight is 401 g/mol. The maximum absolute atomic E-state index is 5.81. The number of hydrogen-bond acceptors (Lipinski definition) is 3. The second kappa shape index (κ2) is 7.11. The highest BCUT2D eigenvalue weighted by Crippen LogP contribution is 2.26. The van der Waals surface area contributed by atoms with E-state index in [2.05, 4.69) is 31.9 Å². The van der Waals surface area contributed by atoms with Crippen LogP contribution in [0, 0.1) is 0 Å². The molecule has 0 unspecified atom stereocenters. The van der Waals surface area contributed by atoms with Gasteiger partial charge in [0.25, 0.3) is 0 Å². The van der Waals surface area contributed by atoms with Gasteiger partial charge in [-0.3, -0.25) is 0 Å². The molecular formula is C15H15Br2NO2. The zero-order valence-electron chi connectivity index (χ0n) is 11.0. The largest absolute Gasteiger partial charge is 0.497 e. The second-order valence-corrected chi connectivity index (χ2v) is 5.91. The molecule has 2 aromatic carbocycles. The summed E-state index contributed by atoms with van der Waals surface area (Å²) in [6, 6.07) is 11.6. The maximum Gasteiger partial charge on any atom is 0.120 e. The first-order chi connectivity index (χ1) is 9.63. The van der Waals surface area contributed by atoms with Gasteiger partial charge in [-0.2, -0.15) is 0 Å². The molecule has 0 radical (unpaired) electrons. The number of nitrogens with two attached hydrogens (primary N) is 1. The van der Waals surface area contributed by atoms with Crippen molar-refractivity contribution in [2.45, 2.75) is 13.2 Å². The summed E-state index contributed by atoms with van der Waals surface area (Å²) < 4.78 is 13.0. The van der Waals surface area contributed by atoms with E-state index >= 15 is 0 Å². The Morgan fingerprint density at radius 1 is 0.950 bits per heavy atom. The molecule has 2 rings (SSSR count). The minimum Gasteiger partial charge on any atom is -0.497 e. The van der Waals surface area contributed by atoms with Gasteiger partial charge in [-0.15, -0.1) is 0 Å². The molecule has 0 aromatic heterocycles. The summed E-state index contributed by atoms with van der Waals surface area (Å²) >= 11 is 6.97. The highest BCUT2D eigenvalue weighted by Gasteiger charge is 2.05. The first-order valence-corrected chi connectivity index (χ1v) is 7.66. The van der Waals surface area contributed by atoms with Gasteiger partial charge in [0.15, 0.2) is 0 Å². The summed E-state index contributed by atoms with van der Waals surface area (Å²) in [5, 5.41) is 0. The Morgan fingerprint density at radius 2 is 1.55 bits per heavy atom. The quantitative estimate of drug-likeness (QED) is 0.815. The Morgan fingerprint density at radius 3 is 2.20 bits per heavy atom. The van der Waals surface area contributed by atoms with E-state index < -0.39 is 0 Å². The number of ether oxygens (including phenoxy) is 2. The Labute approximate surface area is 135 Å². The van der Waals surface area contributed by atoms with Gasteiger partial charge in [0.05, 0.1) is 7.11 Å². The van der Waals surface area contributed by atoms with Gasteiger partial charge in [0, 0.05) is 21.1 Å². The van der Waals surface area contributed by atoms with E-state index in [4.69, 9.17) is 15.2 Å². The van der Waals surface area contributed by atoms with E-state index in [1.165, 1.54) is 0 Å². The van der Waals surface area contributed by atoms with E-state index in [-0.39, 0.29) is 0 Å². The van der Waals surface area contributed by atoms with Crippen molar-refractivity contribution in [3.8, 4) is 11.5 Å². The maximum atomic E-state index is 5.81. The molecule has 0 aliphatic rings. The van der Waals surface area contributed by atoms with Crippen LogP contribution in [-0.4, -0.2) is 7.11 Å². The summed E-state index contributed by atoms with van der Waals surface area (Å²) in [6.07, 6.45) is 0. The van der Waals surface area contributed by atoms with Crippen molar-refractivity contribution in [2.75, 3.05) is 7.11 Å².